The smallest absolute Gasteiger partial charge is 0.217 e. The number of hydrogen-bond acceptors (Lipinski definition) is 3. The van der Waals surface area contributed by atoms with E-state index in [1.54, 1.807) is 11.8 Å². The van der Waals surface area contributed by atoms with Crippen molar-refractivity contribution in [2.45, 2.75) is 31.7 Å². The molecule has 23 heavy (non-hydrogen) atoms. The second-order valence-electron chi connectivity index (χ2n) is 6.87. The molecule has 2 nitrogen and oxygen atoms in total. The van der Waals surface area contributed by atoms with Gasteiger partial charge in [0.1, 0.15) is 6.61 Å². The van der Waals surface area contributed by atoms with E-state index in [0.29, 0.717) is 6.61 Å². The Morgan fingerprint density at radius 2 is 1.57 bits per heavy atom. The molecule has 0 amide bonds. The van der Waals surface area contributed by atoms with Crippen molar-refractivity contribution in [1.29, 1.82) is 0 Å². The van der Waals surface area contributed by atoms with Gasteiger partial charge in [0, 0.05) is 10.5 Å². The van der Waals surface area contributed by atoms with E-state index in [-0.39, 0.29) is 11.5 Å². The molecule has 0 N–H and O–H groups in total. The number of benzene rings is 2. The van der Waals surface area contributed by atoms with E-state index in [1.807, 2.05) is 0 Å². The molecule has 3 heteroatoms. The average Bonchev–Trinajstić information content (AvgIpc) is 3.05. The lowest BCUT2D eigenvalue weighted by molar-refractivity contribution is 0.236. The normalized spacial score (nSPS) is 17.7. The van der Waals surface area contributed by atoms with E-state index in [9.17, 15) is 0 Å². The maximum Gasteiger partial charge on any atom is 0.217 e. The molecular formula is C20H23NOS. The van der Waals surface area contributed by atoms with Crippen LogP contribution in [0.5, 0.6) is 0 Å². The van der Waals surface area contributed by atoms with Crippen molar-refractivity contribution in [2.75, 3.05) is 12.9 Å². The van der Waals surface area contributed by atoms with Crippen LogP contribution in [0.1, 0.15) is 26.3 Å². The molecule has 2 aromatic rings. The lowest BCUT2D eigenvalue weighted by atomic mass is 9.88. The van der Waals surface area contributed by atoms with Crippen molar-refractivity contribution in [3.05, 3.63) is 54.1 Å². The fourth-order valence-corrected chi connectivity index (χ4v) is 3.35. The third kappa shape index (κ3) is 3.30. The second kappa shape index (κ2) is 6.40. The number of aliphatic imine (C=N–C) groups is 1. The fourth-order valence-electron chi connectivity index (χ4n) is 2.74. The minimum Gasteiger partial charge on any atom is -0.475 e. The molecule has 0 unspecified atom stereocenters. The van der Waals surface area contributed by atoms with Crippen LogP contribution in [0.3, 0.4) is 0 Å². The van der Waals surface area contributed by atoms with Crippen LogP contribution in [0, 0.1) is 5.41 Å². The van der Waals surface area contributed by atoms with Gasteiger partial charge in [-0.05, 0) is 34.9 Å². The highest BCUT2D eigenvalue weighted by atomic mass is 32.2. The van der Waals surface area contributed by atoms with Crippen molar-refractivity contribution in [3.8, 4) is 11.1 Å². The molecule has 0 radical (unpaired) electrons. The Hall–Kier alpha value is -1.74. The van der Waals surface area contributed by atoms with Gasteiger partial charge < -0.3 is 4.74 Å². The third-order valence-corrected chi connectivity index (χ3v) is 5.00. The number of thioether (sulfide) groups is 1. The molecule has 0 aromatic heterocycles. The van der Waals surface area contributed by atoms with Gasteiger partial charge in [0.05, 0.1) is 6.04 Å². The van der Waals surface area contributed by atoms with Gasteiger partial charge in [-0.25, -0.2) is 4.99 Å². The minimum atomic E-state index is 0.119. The lowest BCUT2D eigenvalue weighted by Crippen LogP contribution is -2.25. The summed E-state index contributed by atoms with van der Waals surface area (Å²) in [6, 6.07) is 17.1. The quantitative estimate of drug-likeness (QED) is 0.717. The van der Waals surface area contributed by atoms with Gasteiger partial charge >= 0.3 is 0 Å². The summed E-state index contributed by atoms with van der Waals surface area (Å²) in [6.07, 6.45) is 2.11. The van der Waals surface area contributed by atoms with Gasteiger partial charge in [-0.1, -0.05) is 57.2 Å². The number of hydrogen-bond donors (Lipinski definition) is 0. The molecule has 0 aliphatic carbocycles. The monoisotopic (exact) mass is 325 g/mol. The summed E-state index contributed by atoms with van der Waals surface area (Å²) in [6.45, 7) is 7.30. The molecule has 1 heterocycles. The fraction of sp³-hybridized carbons (Fsp3) is 0.350. The van der Waals surface area contributed by atoms with Gasteiger partial charge in [0.15, 0.2) is 0 Å². The second-order valence-corrected chi connectivity index (χ2v) is 7.72. The van der Waals surface area contributed by atoms with Crippen molar-refractivity contribution in [3.63, 3.8) is 0 Å². The first-order chi connectivity index (χ1) is 11.0. The molecule has 3 rings (SSSR count). The predicted octanol–water partition coefficient (Wildman–Crippen LogP) is 5.27. The van der Waals surface area contributed by atoms with E-state index in [0.717, 1.165) is 11.5 Å². The third-order valence-electron chi connectivity index (χ3n) is 4.21. The molecule has 1 aliphatic heterocycles. The maximum absolute atomic E-state index is 5.96. The SMILES string of the molecule is CSc1ccccc1-c1ccccc1C1=N[C@@H](C(C)(C)C)CO1. The summed E-state index contributed by atoms with van der Waals surface area (Å²) in [7, 11) is 0. The predicted molar refractivity (Wildman–Crippen MR) is 99.4 cm³/mol. The average molecular weight is 325 g/mol. The zero-order valence-electron chi connectivity index (χ0n) is 14.2. The van der Waals surface area contributed by atoms with Crippen molar-refractivity contribution in [2.24, 2.45) is 10.4 Å². The molecular weight excluding hydrogens is 302 g/mol. The highest BCUT2D eigenvalue weighted by Gasteiger charge is 2.31. The maximum atomic E-state index is 5.96. The van der Waals surface area contributed by atoms with Crippen LogP contribution in [0.4, 0.5) is 0 Å². The lowest BCUT2D eigenvalue weighted by Gasteiger charge is -2.21. The number of rotatable bonds is 3. The Kier molecular flexibility index (Phi) is 4.49. The highest BCUT2D eigenvalue weighted by Crippen LogP contribution is 2.34. The van der Waals surface area contributed by atoms with Crippen LogP contribution in [-0.4, -0.2) is 24.8 Å². The molecule has 2 aromatic carbocycles. The van der Waals surface area contributed by atoms with Crippen LogP contribution >= 0.6 is 11.8 Å². The van der Waals surface area contributed by atoms with Gasteiger partial charge in [-0.3, -0.25) is 0 Å². The van der Waals surface area contributed by atoms with Crippen LogP contribution in [0.25, 0.3) is 11.1 Å². The molecule has 120 valence electrons. The summed E-state index contributed by atoms with van der Waals surface area (Å²) in [5.41, 5.74) is 3.63. The standard InChI is InChI=1S/C20H23NOS/c1-20(2,3)18-13-22-19(21-18)16-11-6-5-9-14(16)15-10-7-8-12-17(15)23-4/h5-12,18H,13H2,1-4H3/t18-/m1/s1. The summed E-state index contributed by atoms with van der Waals surface area (Å²) in [4.78, 5) is 6.13. The van der Waals surface area contributed by atoms with Gasteiger partial charge in [0.25, 0.3) is 0 Å². The number of ether oxygens (including phenoxy) is 1. The van der Waals surface area contributed by atoms with Crippen molar-refractivity contribution >= 4 is 17.7 Å². The molecule has 0 saturated carbocycles. The Balaban J connectivity index is 2.06. The van der Waals surface area contributed by atoms with Gasteiger partial charge in [0.2, 0.25) is 5.90 Å². The molecule has 0 fully saturated rings. The molecule has 1 atom stereocenters. The summed E-state index contributed by atoms with van der Waals surface area (Å²) < 4.78 is 5.96. The molecule has 0 spiro atoms. The summed E-state index contributed by atoms with van der Waals surface area (Å²) in [5.74, 6) is 0.774. The van der Waals surface area contributed by atoms with Crippen LogP contribution < -0.4 is 0 Å². The van der Waals surface area contributed by atoms with E-state index >= 15 is 0 Å². The van der Waals surface area contributed by atoms with Gasteiger partial charge in [-0.15, -0.1) is 11.8 Å². The largest absolute Gasteiger partial charge is 0.475 e. The number of nitrogens with zero attached hydrogens (tertiary/aromatic N) is 1. The first-order valence-electron chi connectivity index (χ1n) is 7.94. The van der Waals surface area contributed by atoms with E-state index in [1.165, 1.54) is 16.0 Å². The van der Waals surface area contributed by atoms with E-state index in [2.05, 4.69) is 75.6 Å². The van der Waals surface area contributed by atoms with Gasteiger partial charge in [-0.2, -0.15) is 0 Å². The zero-order valence-corrected chi connectivity index (χ0v) is 15.0. The Bertz CT molecular complexity index is 730. The van der Waals surface area contributed by atoms with E-state index < -0.39 is 0 Å². The van der Waals surface area contributed by atoms with Crippen LogP contribution in [0.2, 0.25) is 0 Å². The first kappa shape index (κ1) is 16.1. The first-order valence-corrected chi connectivity index (χ1v) is 9.16. The topological polar surface area (TPSA) is 21.6 Å². The summed E-state index contributed by atoms with van der Waals surface area (Å²) >= 11 is 1.77. The highest BCUT2D eigenvalue weighted by molar-refractivity contribution is 7.98. The summed E-state index contributed by atoms with van der Waals surface area (Å²) in [5, 5.41) is 0. The molecule has 0 bridgehead atoms. The minimum absolute atomic E-state index is 0.119. The zero-order chi connectivity index (χ0) is 16.4. The van der Waals surface area contributed by atoms with Crippen LogP contribution in [-0.2, 0) is 4.74 Å². The van der Waals surface area contributed by atoms with Crippen molar-refractivity contribution in [1.82, 2.24) is 0 Å². The van der Waals surface area contributed by atoms with Crippen LogP contribution in [0.15, 0.2) is 58.4 Å². The van der Waals surface area contributed by atoms with E-state index in [4.69, 9.17) is 9.73 Å². The Labute approximate surface area is 143 Å². The molecule has 1 aliphatic rings. The van der Waals surface area contributed by atoms with Crippen molar-refractivity contribution < 1.29 is 4.74 Å². The molecule has 0 saturated heterocycles. The Morgan fingerprint density at radius 1 is 0.957 bits per heavy atom. The Morgan fingerprint density at radius 3 is 2.17 bits per heavy atom.